The zero-order chi connectivity index (χ0) is 18.4. The van der Waals surface area contributed by atoms with Gasteiger partial charge in [-0.25, -0.2) is 0 Å². The van der Waals surface area contributed by atoms with E-state index in [9.17, 15) is 9.59 Å². The van der Waals surface area contributed by atoms with Gasteiger partial charge in [-0.2, -0.15) is 0 Å². The normalized spacial score (nSPS) is 14.3. The van der Waals surface area contributed by atoms with Gasteiger partial charge in [0, 0.05) is 48.7 Å². The van der Waals surface area contributed by atoms with Crippen molar-refractivity contribution in [1.82, 2.24) is 15.2 Å². The minimum absolute atomic E-state index is 0.117. The zero-order valence-corrected chi connectivity index (χ0v) is 15.9. The van der Waals surface area contributed by atoms with Crippen LogP contribution in [0.3, 0.4) is 0 Å². The van der Waals surface area contributed by atoms with E-state index in [2.05, 4.69) is 38.4 Å². The Morgan fingerprint density at radius 2 is 1.92 bits per heavy atom. The Hall–Kier alpha value is -2.47. The van der Waals surface area contributed by atoms with Gasteiger partial charge in [0.1, 0.15) is 0 Å². The van der Waals surface area contributed by atoms with Crippen LogP contribution in [-0.4, -0.2) is 34.8 Å². The maximum atomic E-state index is 12.1. The zero-order valence-electron chi connectivity index (χ0n) is 14.3. The summed E-state index contributed by atoms with van der Waals surface area (Å²) in [5, 5.41) is 2.73. The molecule has 0 atom stereocenters. The molecule has 0 radical (unpaired) electrons. The molecule has 1 N–H and O–H groups in total. The topological polar surface area (TPSA) is 62.3 Å². The van der Waals surface area contributed by atoms with Gasteiger partial charge in [-0.1, -0.05) is 34.1 Å². The van der Waals surface area contributed by atoms with Crippen LogP contribution in [0, 0.1) is 5.92 Å². The highest BCUT2D eigenvalue weighted by Gasteiger charge is 2.29. The van der Waals surface area contributed by atoms with Crippen molar-refractivity contribution in [2.24, 2.45) is 5.92 Å². The van der Waals surface area contributed by atoms with E-state index in [-0.39, 0.29) is 11.8 Å². The van der Waals surface area contributed by atoms with Gasteiger partial charge in [-0.3, -0.25) is 14.6 Å². The van der Waals surface area contributed by atoms with E-state index in [1.165, 1.54) is 17.7 Å². The van der Waals surface area contributed by atoms with Crippen LogP contribution in [0.2, 0.25) is 0 Å². The Bertz CT molecular complexity index is 784. The molecule has 0 spiro atoms. The molecule has 1 saturated heterocycles. The van der Waals surface area contributed by atoms with E-state index in [1.54, 1.807) is 17.3 Å². The number of nitrogens with one attached hydrogen (secondary N) is 1. The van der Waals surface area contributed by atoms with Crippen LogP contribution in [0.25, 0.3) is 0 Å². The van der Waals surface area contributed by atoms with Crippen molar-refractivity contribution < 1.29 is 9.59 Å². The molecule has 0 unspecified atom stereocenters. The summed E-state index contributed by atoms with van der Waals surface area (Å²) in [7, 11) is 0. The standard InChI is InChI=1S/C20H20BrN3O2/c21-18-5-3-15(4-6-18)10-17-13-24(14-17)20(26)8-7-19(25)23-12-16-2-1-9-22-11-16/h1-9,11,17H,10,12-14H2,(H,23,25)/b8-7+. The summed E-state index contributed by atoms with van der Waals surface area (Å²) >= 11 is 3.43. The number of halogens is 1. The van der Waals surface area contributed by atoms with Crippen molar-refractivity contribution >= 4 is 27.7 Å². The highest BCUT2D eigenvalue weighted by molar-refractivity contribution is 9.10. The number of nitrogens with zero attached hydrogens (tertiary/aromatic N) is 2. The first-order valence-corrected chi connectivity index (χ1v) is 9.27. The van der Waals surface area contributed by atoms with Crippen molar-refractivity contribution in [2.45, 2.75) is 13.0 Å². The van der Waals surface area contributed by atoms with E-state index in [0.717, 1.165) is 29.5 Å². The van der Waals surface area contributed by atoms with Crippen molar-refractivity contribution in [1.29, 1.82) is 0 Å². The molecule has 2 amide bonds. The van der Waals surface area contributed by atoms with Gasteiger partial charge in [0.05, 0.1) is 0 Å². The number of rotatable bonds is 6. The van der Waals surface area contributed by atoms with Crippen LogP contribution in [-0.2, 0) is 22.6 Å². The average molecular weight is 414 g/mol. The summed E-state index contributed by atoms with van der Waals surface area (Å²) < 4.78 is 1.07. The van der Waals surface area contributed by atoms with E-state index < -0.39 is 0 Å². The second-order valence-electron chi connectivity index (χ2n) is 6.35. The SMILES string of the molecule is O=C(/C=C/C(=O)N1CC(Cc2ccc(Br)cc2)C1)NCc1cccnc1. The van der Waals surface area contributed by atoms with Gasteiger partial charge >= 0.3 is 0 Å². The monoisotopic (exact) mass is 413 g/mol. The molecule has 0 bridgehead atoms. The summed E-state index contributed by atoms with van der Waals surface area (Å²) in [6.07, 6.45) is 6.98. The van der Waals surface area contributed by atoms with E-state index in [0.29, 0.717) is 12.5 Å². The highest BCUT2D eigenvalue weighted by Crippen LogP contribution is 2.21. The number of hydrogen-bond donors (Lipinski definition) is 1. The fourth-order valence-corrected chi connectivity index (χ4v) is 3.10. The summed E-state index contributed by atoms with van der Waals surface area (Å²) in [4.78, 5) is 29.6. The maximum absolute atomic E-state index is 12.1. The molecular formula is C20H20BrN3O2. The van der Waals surface area contributed by atoms with Crippen molar-refractivity contribution in [3.63, 3.8) is 0 Å². The molecule has 134 valence electrons. The second kappa shape index (κ2) is 8.76. The third kappa shape index (κ3) is 5.26. The molecule has 2 heterocycles. The number of benzene rings is 1. The van der Waals surface area contributed by atoms with Crippen LogP contribution in [0.15, 0.2) is 65.4 Å². The summed E-state index contributed by atoms with van der Waals surface area (Å²) in [6, 6.07) is 12.0. The number of hydrogen-bond acceptors (Lipinski definition) is 3. The summed E-state index contributed by atoms with van der Waals surface area (Å²) in [6.45, 7) is 1.86. The third-order valence-electron chi connectivity index (χ3n) is 4.27. The molecule has 2 aromatic rings. The van der Waals surface area contributed by atoms with E-state index in [4.69, 9.17) is 0 Å². The average Bonchev–Trinajstić information content (AvgIpc) is 2.63. The lowest BCUT2D eigenvalue weighted by atomic mass is 9.92. The van der Waals surface area contributed by atoms with Crippen LogP contribution in [0.5, 0.6) is 0 Å². The molecule has 6 heteroatoms. The van der Waals surface area contributed by atoms with Gasteiger partial charge < -0.3 is 10.2 Å². The second-order valence-corrected chi connectivity index (χ2v) is 7.27. The van der Waals surface area contributed by atoms with E-state index >= 15 is 0 Å². The smallest absolute Gasteiger partial charge is 0.246 e. The Morgan fingerprint density at radius 1 is 1.15 bits per heavy atom. The van der Waals surface area contributed by atoms with Crippen LogP contribution >= 0.6 is 15.9 Å². The molecule has 5 nitrogen and oxygen atoms in total. The number of amides is 2. The van der Waals surface area contributed by atoms with Crippen LogP contribution < -0.4 is 5.32 Å². The molecule has 1 aromatic carbocycles. The van der Waals surface area contributed by atoms with Gasteiger partial charge in [-0.05, 0) is 41.7 Å². The number of carbonyl (C=O) groups is 2. The van der Waals surface area contributed by atoms with Crippen LogP contribution in [0.1, 0.15) is 11.1 Å². The lowest BCUT2D eigenvalue weighted by Crippen LogP contribution is -2.50. The van der Waals surface area contributed by atoms with Gasteiger partial charge in [-0.15, -0.1) is 0 Å². The minimum atomic E-state index is -0.283. The number of likely N-dealkylation sites (tertiary alicyclic amines) is 1. The van der Waals surface area contributed by atoms with Gasteiger partial charge in [0.25, 0.3) is 0 Å². The fraction of sp³-hybridized carbons (Fsp3) is 0.250. The number of pyridine rings is 1. The number of aromatic nitrogens is 1. The molecule has 1 aliphatic heterocycles. The first-order valence-electron chi connectivity index (χ1n) is 8.48. The molecular weight excluding hydrogens is 394 g/mol. The van der Waals surface area contributed by atoms with Crippen molar-refractivity contribution in [3.05, 3.63) is 76.5 Å². The molecule has 1 fully saturated rings. The Kier molecular flexibility index (Phi) is 6.17. The number of carbonyl (C=O) groups excluding carboxylic acids is 2. The minimum Gasteiger partial charge on any atom is -0.348 e. The molecule has 0 aliphatic carbocycles. The lowest BCUT2D eigenvalue weighted by molar-refractivity contribution is -0.132. The van der Waals surface area contributed by atoms with E-state index in [1.807, 2.05) is 24.3 Å². The maximum Gasteiger partial charge on any atom is 0.246 e. The van der Waals surface area contributed by atoms with Crippen molar-refractivity contribution in [2.75, 3.05) is 13.1 Å². The first-order chi connectivity index (χ1) is 12.6. The first kappa shape index (κ1) is 18.3. The van der Waals surface area contributed by atoms with Gasteiger partial charge in [0.2, 0.25) is 11.8 Å². The predicted molar refractivity (Wildman–Crippen MR) is 103 cm³/mol. The molecule has 3 rings (SSSR count). The molecule has 1 aromatic heterocycles. The van der Waals surface area contributed by atoms with Gasteiger partial charge in [0.15, 0.2) is 0 Å². The molecule has 26 heavy (non-hydrogen) atoms. The Morgan fingerprint density at radius 3 is 2.62 bits per heavy atom. The third-order valence-corrected chi connectivity index (χ3v) is 4.80. The summed E-state index contributed by atoms with van der Waals surface area (Å²) in [5.74, 6) is 0.0793. The highest BCUT2D eigenvalue weighted by atomic mass is 79.9. The van der Waals surface area contributed by atoms with Crippen LogP contribution in [0.4, 0.5) is 0 Å². The Labute approximate surface area is 161 Å². The molecule has 1 aliphatic rings. The fourth-order valence-electron chi connectivity index (χ4n) is 2.84. The predicted octanol–water partition coefficient (Wildman–Crippen LogP) is 2.72. The largest absolute Gasteiger partial charge is 0.348 e. The quantitative estimate of drug-likeness (QED) is 0.740. The lowest BCUT2D eigenvalue weighted by Gasteiger charge is -2.38. The van der Waals surface area contributed by atoms with Crippen molar-refractivity contribution in [3.8, 4) is 0 Å². The summed E-state index contributed by atoms with van der Waals surface area (Å²) in [5.41, 5.74) is 2.19. The Balaban J connectivity index is 1.38. The molecule has 0 saturated carbocycles.